The van der Waals surface area contributed by atoms with E-state index in [2.05, 4.69) is 43.1 Å². The van der Waals surface area contributed by atoms with Gasteiger partial charge in [-0.15, -0.1) is 10.2 Å². The van der Waals surface area contributed by atoms with Gasteiger partial charge in [-0.1, -0.05) is 27.7 Å². The van der Waals surface area contributed by atoms with E-state index >= 15 is 0 Å². The molecule has 0 bridgehead atoms. The van der Waals surface area contributed by atoms with Gasteiger partial charge in [0.1, 0.15) is 6.54 Å². The van der Waals surface area contributed by atoms with Gasteiger partial charge in [0.05, 0.1) is 5.60 Å². The van der Waals surface area contributed by atoms with Gasteiger partial charge in [-0.3, -0.25) is 4.79 Å². The minimum absolute atomic E-state index is 0.0897. The first-order chi connectivity index (χ1) is 14.9. The van der Waals surface area contributed by atoms with E-state index < -0.39 is 5.60 Å². The van der Waals surface area contributed by atoms with Gasteiger partial charge in [-0.05, 0) is 110 Å². The van der Waals surface area contributed by atoms with E-state index in [9.17, 15) is 9.90 Å². The molecule has 0 amide bonds. The van der Waals surface area contributed by atoms with Crippen LogP contribution in [0.4, 0.5) is 0 Å². The van der Waals surface area contributed by atoms with Gasteiger partial charge in [0.25, 0.3) is 0 Å². The Kier molecular flexibility index (Phi) is 4.99. The summed E-state index contributed by atoms with van der Waals surface area (Å²) in [5.41, 5.74) is 0.0561. The van der Waals surface area contributed by atoms with Crippen molar-refractivity contribution >= 4 is 5.78 Å². The smallest absolute Gasteiger partial charge is 0.171 e. The molecular weight excluding hydrogens is 400 g/mol. The summed E-state index contributed by atoms with van der Waals surface area (Å²) >= 11 is 0. The molecule has 0 aromatic carbocycles. The van der Waals surface area contributed by atoms with Crippen molar-refractivity contribution in [3.05, 3.63) is 5.82 Å². The van der Waals surface area contributed by atoms with Crippen molar-refractivity contribution in [3.8, 4) is 0 Å². The van der Waals surface area contributed by atoms with Crippen LogP contribution in [0.2, 0.25) is 0 Å². The highest BCUT2D eigenvalue weighted by atomic mass is 16.3. The second kappa shape index (κ2) is 7.10. The molecule has 0 spiro atoms. The zero-order valence-electron chi connectivity index (χ0n) is 20.9. The van der Waals surface area contributed by atoms with Gasteiger partial charge in [0, 0.05) is 5.92 Å². The molecule has 178 valence electrons. The van der Waals surface area contributed by atoms with Crippen molar-refractivity contribution in [1.82, 2.24) is 20.2 Å². The normalized spacial score (nSPS) is 50.4. The topological polar surface area (TPSA) is 80.9 Å². The Balaban J connectivity index is 1.41. The van der Waals surface area contributed by atoms with Crippen LogP contribution in [0.5, 0.6) is 0 Å². The molecule has 1 heterocycles. The van der Waals surface area contributed by atoms with E-state index in [1.807, 2.05) is 13.8 Å². The Bertz CT molecular complexity index is 911. The molecule has 5 rings (SSSR count). The number of carbonyl (C=O) groups excluding carboxylic acids is 1. The lowest BCUT2D eigenvalue weighted by molar-refractivity contribution is -0.205. The highest BCUT2D eigenvalue weighted by molar-refractivity contribution is 5.82. The summed E-state index contributed by atoms with van der Waals surface area (Å²) in [6, 6.07) is 0. The predicted molar refractivity (Wildman–Crippen MR) is 123 cm³/mol. The maximum Gasteiger partial charge on any atom is 0.171 e. The fraction of sp³-hybridized carbons (Fsp3) is 0.923. The summed E-state index contributed by atoms with van der Waals surface area (Å²) in [4.78, 5) is 14.9. The average Bonchev–Trinajstić information content (AvgIpc) is 3.25. The Morgan fingerprint density at radius 2 is 1.84 bits per heavy atom. The van der Waals surface area contributed by atoms with Gasteiger partial charge in [0.15, 0.2) is 11.6 Å². The van der Waals surface area contributed by atoms with Crippen molar-refractivity contribution in [2.45, 2.75) is 105 Å². The molecule has 0 unspecified atom stereocenters. The van der Waals surface area contributed by atoms with Gasteiger partial charge < -0.3 is 5.11 Å². The zero-order valence-corrected chi connectivity index (χ0v) is 20.9. The van der Waals surface area contributed by atoms with Crippen LogP contribution in [0.1, 0.15) is 91.8 Å². The molecular formula is C26H42N4O2. The molecule has 0 radical (unpaired) electrons. The second-order valence-electron chi connectivity index (χ2n) is 13.1. The van der Waals surface area contributed by atoms with Crippen molar-refractivity contribution in [3.63, 3.8) is 0 Å². The molecule has 4 aliphatic carbocycles. The van der Waals surface area contributed by atoms with Crippen LogP contribution >= 0.6 is 0 Å². The number of Topliss-reactive ketones (excluding diaryl/α,β-unsaturated/α-hetero) is 1. The van der Waals surface area contributed by atoms with E-state index in [4.69, 9.17) is 0 Å². The zero-order chi connectivity index (χ0) is 23.1. The lowest BCUT2D eigenvalue weighted by Gasteiger charge is -2.68. The predicted octanol–water partition coefficient (Wildman–Crippen LogP) is 4.60. The molecule has 1 aromatic heterocycles. The quantitative estimate of drug-likeness (QED) is 0.740. The molecule has 6 heteroatoms. The lowest BCUT2D eigenvalue weighted by atomic mass is 9.37. The van der Waals surface area contributed by atoms with Gasteiger partial charge in [-0.25, -0.2) is 0 Å². The van der Waals surface area contributed by atoms with E-state index in [1.165, 1.54) is 24.1 Å². The number of hydrogen-bond acceptors (Lipinski definition) is 5. The third kappa shape index (κ3) is 3.14. The minimum Gasteiger partial charge on any atom is -0.390 e. The van der Waals surface area contributed by atoms with Crippen LogP contribution < -0.4 is 0 Å². The van der Waals surface area contributed by atoms with Crippen LogP contribution in [0.25, 0.3) is 0 Å². The van der Waals surface area contributed by atoms with Gasteiger partial charge in [0.2, 0.25) is 0 Å². The first-order valence-electron chi connectivity index (χ1n) is 12.9. The average molecular weight is 443 g/mol. The molecule has 0 saturated heterocycles. The lowest BCUT2D eigenvalue weighted by Crippen LogP contribution is -2.62. The maximum absolute atomic E-state index is 13.4. The number of tetrazole rings is 1. The number of aliphatic hydroxyl groups is 1. The molecule has 1 N–H and O–H groups in total. The van der Waals surface area contributed by atoms with Crippen molar-refractivity contribution in [2.75, 3.05) is 0 Å². The number of fused-ring (bicyclic) bond motifs is 5. The van der Waals surface area contributed by atoms with Crippen LogP contribution in [-0.4, -0.2) is 36.7 Å². The summed E-state index contributed by atoms with van der Waals surface area (Å²) in [5, 5.41) is 23.2. The van der Waals surface area contributed by atoms with E-state index in [0.29, 0.717) is 35.3 Å². The first-order valence-corrected chi connectivity index (χ1v) is 12.9. The second-order valence-corrected chi connectivity index (χ2v) is 13.1. The molecule has 0 aliphatic heterocycles. The maximum atomic E-state index is 13.4. The summed E-state index contributed by atoms with van der Waals surface area (Å²) in [6.07, 6.45) is 8.73. The molecule has 4 saturated carbocycles. The van der Waals surface area contributed by atoms with Crippen molar-refractivity contribution in [1.29, 1.82) is 0 Å². The Morgan fingerprint density at radius 1 is 1.09 bits per heavy atom. The van der Waals surface area contributed by atoms with Gasteiger partial charge in [-0.2, -0.15) is 4.80 Å². The van der Waals surface area contributed by atoms with E-state index in [-0.39, 0.29) is 28.7 Å². The SMILES string of the molecule is Cc1nnn(CC(=O)[C@H]2CC[C@H]3[C@@H]4[C@H](C)C[C@@]5(C)C[C@](C)(O)CC[C@]5(C)[C@H]4CC[C@]23C)n1. The largest absolute Gasteiger partial charge is 0.390 e. The fourth-order valence-corrected chi connectivity index (χ4v) is 9.65. The number of ketones is 1. The highest BCUT2D eigenvalue weighted by Gasteiger charge is 2.66. The monoisotopic (exact) mass is 442 g/mol. The summed E-state index contributed by atoms with van der Waals surface area (Å²) in [6.45, 7) is 14.0. The van der Waals surface area contributed by atoms with Crippen LogP contribution in [0, 0.1) is 52.8 Å². The van der Waals surface area contributed by atoms with E-state index in [0.717, 1.165) is 32.1 Å². The molecule has 4 aliphatic rings. The minimum atomic E-state index is -0.525. The Labute approximate surface area is 192 Å². The standard InChI is InChI=1S/C26H42N4O2/c1-16-13-23(3)15-24(4,32)11-12-26(23,6)20-9-10-25(5)18(7-8-19(25)22(16)20)21(31)14-30-28-17(2)27-29-30/h16,18-20,22,32H,7-15H2,1-6H3/t16-,18-,19+,20+,22+,23+,24-,25-,26-/m1/s1. The number of aromatic nitrogens is 4. The highest BCUT2D eigenvalue weighted by Crippen LogP contribution is 2.72. The Morgan fingerprint density at radius 3 is 2.53 bits per heavy atom. The third-order valence-electron chi connectivity index (χ3n) is 11.2. The molecule has 9 atom stereocenters. The van der Waals surface area contributed by atoms with Crippen LogP contribution in [-0.2, 0) is 11.3 Å². The first kappa shape index (κ1) is 22.5. The van der Waals surface area contributed by atoms with Crippen LogP contribution in [0.15, 0.2) is 0 Å². The van der Waals surface area contributed by atoms with Crippen molar-refractivity contribution < 1.29 is 9.90 Å². The Hall–Kier alpha value is -1.30. The molecule has 1 aromatic rings. The number of rotatable bonds is 3. The van der Waals surface area contributed by atoms with Crippen LogP contribution in [0.3, 0.4) is 0 Å². The molecule has 4 fully saturated rings. The fourth-order valence-electron chi connectivity index (χ4n) is 9.65. The number of aryl methyl sites for hydroxylation is 1. The summed E-state index contributed by atoms with van der Waals surface area (Å²) in [7, 11) is 0. The number of carbonyl (C=O) groups is 1. The molecule has 32 heavy (non-hydrogen) atoms. The number of nitrogens with zero attached hydrogens (tertiary/aromatic N) is 4. The van der Waals surface area contributed by atoms with E-state index in [1.54, 1.807) is 0 Å². The third-order valence-corrected chi connectivity index (χ3v) is 11.2. The molecule has 6 nitrogen and oxygen atoms in total. The number of hydrogen-bond donors (Lipinski definition) is 1. The van der Waals surface area contributed by atoms with Gasteiger partial charge >= 0.3 is 0 Å². The summed E-state index contributed by atoms with van der Waals surface area (Å²) < 4.78 is 0. The summed E-state index contributed by atoms with van der Waals surface area (Å²) in [5.74, 6) is 3.69. The van der Waals surface area contributed by atoms with Crippen molar-refractivity contribution in [2.24, 2.45) is 45.8 Å².